The zero-order valence-corrected chi connectivity index (χ0v) is 18.8. The maximum Gasteiger partial charge on any atom is 0.264 e. The lowest BCUT2D eigenvalue weighted by Gasteiger charge is -2.38. The minimum absolute atomic E-state index is 0.161. The van der Waals surface area contributed by atoms with E-state index in [0.717, 1.165) is 29.7 Å². The molecule has 2 fully saturated rings. The van der Waals surface area contributed by atoms with Crippen molar-refractivity contribution in [2.75, 3.05) is 13.1 Å². The van der Waals surface area contributed by atoms with Crippen molar-refractivity contribution in [3.05, 3.63) is 51.7 Å². The van der Waals surface area contributed by atoms with Crippen molar-refractivity contribution < 1.29 is 9.90 Å². The van der Waals surface area contributed by atoms with Crippen molar-refractivity contribution in [1.82, 2.24) is 24.2 Å². The molecule has 1 aliphatic carbocycles. The third kappa shape index (κ3) is 3.62. The fourth-order valence-electron chi connectivity index (χ4n) is 4.94. The summed E-state index contributed by atoms with van der Waals surface area (Å²) < 4.78 is 3.20. The van der Waals surface area contributed by atoms with Crippen LogP contribution in [0.4, 0.5) is 0 Å². The van der Waals surface area contributed by atoms with Crippen molar-refractivity contribution in [2.45, 2.75) is 58.6 Å². The second-order valence-corrected chi connectivity index (χ2v) is 9.54. The third-order valence-corrected chi connectivity index (χ3v) is 6.80. The largest absolute Gasteiger partial charge is 0.388 e. The number of hydrogen-bond acceptors (Lipinski definition) is 5. The molecule has 0 atom stereocenters. The van der Waals surface area contributed by atoms with E-state index < -0.39 is 5.60 Å². The van der Waals surface area contributed by atoms with Crippen LogP contribution < -0.4 is 5.56 Å². The van der Waals surface area contributed by atoms with Gasteiger partial charge in [-0.1, -0.05) is 17.7 Å². The maximum atomic E-state index is 13.2. The van der Waals surface area contributed by atoms with Crippen molar-refractivity contribution in [1.29, 1.82) is 0 Å². The number of piperidine rings is 1. The minimum atomic E-state index is -1.03. The molecule has 8 heteroatoms. The van der Waals surface area contributed by atoms with Crippen LogP contribution in [-0.4, -0.2) is 53.9 Å². The Kier molecular flexibility index (Phi) is 4.93. The molecule has 168 valence electrons. The number of hydrogen-bond donors (Lipinski definition) is 1. The van der Waals surface area contributed by atoms with E-state index in [1.807, 2.05) is 18.7 Å². The molecule has 0 unspecified atom stereocenters. The molecule has 1 aromatic carbocycles. The highest BCUT2D eigenvalue weighted by Gasteiger charge is 2.39. The first kappa shape index (κ1) is 20.9. The zero-order chi connectivity index (χ0) is 22.6. The Morgan fingerprint density at radius 3 is 2.44 bits per heavy atom. The van der Waals surface area contributed by atoms with Gasteiger partial charge in [-0.15, -0.1) is 0 Å². The average Bonchev–Trinajstić information content (AvgIpc) is 3.50. The van der Waals surface area contributed by atoms with E-state index >= 15 is 0 Å². The summed E-state index contributed by atoms with van der Waals surface area (Å²) in [6.07, 6.45) is 5.93. The van der Waals surface area contributed by atoms with Gasteiger partial charge in [-0.2, -0.15) is 5.10 Å². The van der Waals surface area contributed by atoms with Crippen LogP contribution in [0.3, 0.4) is 0 Å². The standard InChI is InChI=1S/C24H29N5O3/c1-15-10-16(2)20(17(3)11-15)29-21-19(12-26-29)23(31)28(14-25-21)13-24(32)6-8-27(9-7-24)22(30)18-4-5-18/h10-12,14,18,32H,4-9,13H2,1-3H3. The van der Waals surface area contributed by atoms with Crippen LogP contribution in [0.5, 0.6) is 0 Å². The number of aliphatic hydroxyl groups is 1. The van der Waals surface area contributed by atoms with Gasteiger partial charge in [-0.3, -0.25) is 14.2 Å². The lowest BCUT2D eigenvalue weighted by atomic mass is 9.91. The molecule has 3 heterocycles. The Hall–Kier alpha value is -3.00. The molecule has 5 rings (SSSR count). The van der Waals surface area contributed by atoms with Crippen LogP contribution >= 0.6 is 0 Å². The van der Waals surface area contributed by atoms with Crippen molar-refractivity contribution in [3.8, 4) is 5.69 Å². The number of nitrogens with zero attached hydrogens (tertiary/aromatic N) is 5. The summed E-state index contributed by atoms with van der Waals surface area (Å²) in [5.74, 6) is 0.397. The molecule has 1 amide bonds. The maximum absolute atomic E-state index is 13.2. The van der Waals surface area contributed by atoms with Gasteiger partial charge < -0.3 is 10.0 Å². The summed E-state index contributed by atoms with van der Waals surface area (Å²) in [5.41, 5.74) is 3.52. The number of carbonyl (C=O) groups excluding carboxylic acids is 1. The van der Waals surface area contributed by atoms with E-state index in [0.29, 0.717) is 37.0 Å². The van der Waals surface area contributed by atoms with Crippen LogP contribution in [-0.2, 0) is 11.3 Å². The first-order chi connectivity index (χ1) is 15.3. The molecule has 2 aromatic heterocycles. The van der Waals surface area contributed by atoms with Crippen LogP contribution in [0.25, 0.3) is 16.7 Å². The Bertz CT molecular complexity index is 1240. The van der Waals surface area contributed by atoms with E-state index in [4.69, 9.17) is 0 Å². The topological polar surface area (TPSA) is 93.2 Å². The number of benzene rings is 1. The monoisotopic (exact) mass is 435 g/mol. The Balaban J connectivity index is 1.40. The minimum Gasteiger partial charge on any atom is -0.388 e. The lowest BCUT2D eigenvalue weighted by Crippen LogP contribution is -2.50. The average molecular weight is 436 g/mol. The molecular weight excluding hydrogens is 406 g/mol. The fourth-order valence-corrected chi connectivity index (χ4v) is 4.94. The Labute approximate surface area is 186 Å². The molecule has 1 aliphatic heterocycles. The summed E-state index contributed by atoms with van der Waals surface area (Å²) in [6.45, 7) is 7.33. The Morgan fingerprint density at radius 1 is 1.16 bits per heavy atom. The first-order valence-electron chi connectivity index (χ1n) is 11.3. The SMILES string of the molecule is Cc1cc(C)c(-n2ncc3c(=O)n(CC4(O)CCN(C(=O)C5CC5)CC4)cnc32)c(C)c1. The molecule has 0 bridgehead atoms. The van der Waals surface area contributed by atoms with Gasteiger partial charge in [-0.05, 0) is 57.6 Å². The molecule has 0 spiro atoms. The van der Waals surface area contributed by atoms with Gasteiger partial charge in [0.25, 0.3) is 5.56 Å². The second-order valence-electron chi connectivity index (χ2n) is 9.54. The van der Waals surface area contributed by atoms with Crippen molar-refractivity contribution >= 4 is 16.9 Å². The van der Waals surface area contributed by atoms with Gasteiger partial charge >= 0.3 is 0 Å². The van der Waals surface area contributed by atoms with E-state index in [9.17, 15) is 14.7 Å². The van der Waals surface area contributed by atoms with Gasteiger partial charge in [0.2, 0.25) is 5.91 Å². The number of aryl methyl sites for hydroxylation is 3. The van der Waals surface area contributed by atoms with Crippen LogP contribution in [0.2, 0.25) is 0 Å². The number of aromatic nitrogens is 4. The normalized spacial score (nSPS) is 18.3. The van der Waals surface area contributed by atoms with E-state index in [2.05, 4.69) is 29.1 Å². The summed E-state index contributed by atoms with van der Waals surface area (Å²) >= 11 is 0. The molecule has 1 N–H and O–H groups in total. The van der Waals surface area contributed by atoms with E-state index in [1.54, 1.807) is 10.9 Å². The van der Waals surface area contributed by atoms with Crippen LogP contribution in [0.15, 0.2) is 29.5 Å². The number of fused-ring (bicyclic) bond motifs is 1. The Morgan fingerprint density at radius 2 is 1.81 bits per heavy atom. The summed E-state index contributed by atoms with van der Waals surface area (Å²) in [4.78, 5) is 31.9. The number of carbonyl (C=O) groups is 1. The predicted octanol–water partition coefficient (Wildman–Crippen LogP) is 2.27. The number of rotatable bonds is 4. The van der Waals surface area contributed by atoms with Gasteiger partial charge in [0, 0.05) is 19.0 Å². The van der Waals surface area contributed by atoms with E-state index in [1.165, 1.54) is 16.5 Å². The third-order valence-electron chi connectivity index (χ3n) is 6.80. The molecule has 1 saturated carbocycles. The fraction of sp³-hybridized carbons (Fsp3) is 0.500. The van der Waals surface area contributed by atoms with Crippen molar-refractivity contribution in [2.24, 2.45) is 5.92 Å². The highest BCUT2D eigenvalue weighted by molar-refractivity contribution is 5.81. The summed E-state index contributed by atoms with van der Waals surface area (Å²) in [5, 5.41) is 16.0. The van der Waals surface area contributed by atoms with Gasteiger partial charge in [0.15, 0.2) is 5.65 Å². The van der Waals surface area contributed by atoms with Gasteiger partial charge in [-0.25, -0.2) is 9.67 Å². The molecule has 1 saturated heterocycles. The predicted molar refractivity (Wildman–Crippen MR) is 121 cm³/mol. The van der Waals surface area contributed by atoms with Crippen LogP contribution in [0, 0.1) is 26.7 Å². The van der Waals surface area contributed by atoms with Crippen molar-refractivity contribution in [3.63, 3.8) is 0 Å². The van der Waals surface area contributed by atoms with Gasteiger partial charge in [0.05, 0.1) is 24.0 Å². The summed E-state index contributed by atoms with van der Waals surface area (Å²) in [6, 6.07) is 4.18. The quantitative estimate of drug-likeness (QED) is 0.679. The number of amides is 1. The molecule has 8 nitrogen and oxygen atoms in total. The number of likely N-dealkylation sites (tertiary alicyclic amines) is 1. The van der Waals surface area contributed by atoms with E-state index in [-0.39, 0.29) is 23.9 Å². The molecule has 3 aromatic rings. The smallest absolute Gasteiger partial charge is 0.264 e. The summed E-state index contributed by atoms with van der Waals surface area (Å²) in [7, 11) is 0. The second kappa shape index (κ2) is 7.55. The highest BCUT2D eigenvalue weighted by Crippen LogP contribution is 2.33. The molecule has 0 radical (unpaired) electrons. The zero-order valence-electron chi connectivity index (χ0n) is 18.8. The first-order valence-corrected chi connectivity index (χ1v) is 11.3. The molecular formula is C24H29N5O3. The van der Waals surface area contributed by atoms with Gasteiger partial charge in [0.1, 0.15) is 11.7 Å². The molecule has 2 aliphatic rings. The molecule has 32 heavy (non-hydrogen) atoms. The highest BCUT2D eigenvalue weighted by atomic mass is 16.3. The van der Waals surface area contributed by atoms with Crippen LogP contribution in [0.1, 0.15) is 42.4 Å². The lowest BCUT2D eigenvalue weighted by molar-refractivity contribution is -0.137.